The molecule has 1 aromatic rings. The quantitative estimate of drug-likeness (QED) is 0.858. The van der Waals surface area contributed by atoms with Gasteiger partial charge in [-0.2, -0.15) is 4.98 Å². The van der Waals surface area contributed by atoms with Crippen molar-refractivity contribution in [2.75, 3.05) is 50.5 Å². The number of hydrogen-bond acceptors (Lipinski definition) is 6. The van der Waals surface area contributed by atoms with E-state index in [-0.39, 0.29) is 0 Å². The molecule has 6 heteroatoms. The summed E-state index contributed by atoms with van der Waals surface area (Å²) in [6.07, 6.45) is 4.34. The van der Waals surface area contributed by atoms with Crippen LogP contribution in [0.15, 0.2) is 6.33 Å². The van der Waals surface area contributed by atoms with Crippen LogP contribution in [0.4, 0.5) is 11.5 Å². The molecule has 1 aliphatic heterocycles. The molecule has 0 unspecified atom stereocenters. The second kappa shape index (κ2) is 5.21. The smallest absolute Gasteiger partial charge is 0.242 e. The Labute approximate surface area is 113 Å². The second-order valence-corrected chi connectivity index (χ2v) is 5.35. The molecular formula is C13H21N5O. The van der Waals surface area contributed by atoms with Crippen LogP contribution in [0.3, 0.4) is 0 Å². The summed E-state index contributed by atoms with van der Waals surface area (Å²) in [5.41, 5.74) is 6.59. The molecule has 1 aliphatic carbocycles. The number of anilines is 2. The molecule has 0 aromatic carbocycles. The number of methoxy groups -OCH3 is 1. The minimum atomic E-state index is 0.463. The van der Waals surface area contributed by atoms with E-state index >= 15 is 0 Å². The Kier molecular flexibility index (Phi) is 3.42. The van der Waals surface area contributed by atoms with Gasteiger partial charge in [0.05, 0.1) is 7.11 Å². The minimum absolute atomic E-state index is 0.463. The molecule has 104 valence electrons. The van der Waals surface area contributed by atoms with E-state index in [1.54, 1.807) is 7.11 Å². The summed E-state index contributed by atoms with van der Waals surface area (Å²) in [6.45, 7) is 5.37. The highest BCUT2D eigenvalue weighted by atomic mass is 16.5. The molecular weight excluding hydrogens is 242 g/mol. The number of ether oxygens (including phenoxy) is 1. The first-order valence-corrected chi connectivity index (χ1v) is 6.89. The Hall–Kier alpha value is -1.56. The molecule has 19 heavy (non-hydrogen) atoms. The first kappa shape index (κ1) is 12.5. The van der Waals surface area contributed by atoms with Gasteiger partial charge in [-0.05, 0) is 18.8 Å². The van der Waals surface area contributed by atoms with Gasteiger partial charge in [0, 0.05) is 32.7 Å². The lowest BCUT2D eigenvalue weighted by molar-refractivity contribution is 0.247. The van der Waals surface area contributed by atoms with Crippen LogP contribution in [0.5, 0.6) is 5.88 Å². The molecule has 2 aliphatic rings. The lowest BCUT2D eigenvalue weighted by Crippen LogP contribution is -2.47. The maximum Gasteiger partial charge on any atom is 0.242 e. The number of aromatic nitrogens is 2. The normalized spacial score (nSPS) is 20.6. The highest BCUT2D eigenvalue weighted by Crippen LogP contribution is 2.31. The largest absolute Gasteiger partial charge is 0.479 e. The van der Waals surface area contributed by atoms with Crippen LogP contribution in [-0.4, -0.2) is 54.7 Å². The maximum atomic E-state index is 6.04. The monoisotopic (exact) mass is 263 g/mol. The molecule has 2 fully saturated rings. The Bertz CT molecular complexity index is 441. The number of nitrogens with two attached hydrogens (primary N) is 1. The zero-order valence-electron chi connectivity index (χ0n) is 11.4. The number of hydrogen-bond donors (Lipinski definition) is 1. The standard InChI is InChI=1S/C13H21N5O/c1-19-13-11(14)12(15-9-16-13)18-6-4-17(5-7-18)8-10-2-3-10/h9-10H,2-8,14H2,1H3. The van der Waals surface area contributed by atoms with Crippen molar-refractivity contribution in [3.05, 3.63) is 6.33 Å². The van der Waals surface area contributed by atoms with Crippen LogP contribution in [-0.2, 0) is 0 Å². The van der Waals surface area contributed by atoms with Gasteiger partial charge < -0.3 is 15.4 Å². The van der Waals surface area contributed by atoms with E-state index in [2.05, 4.69) is 19.8 Å². The van der Waals surface area contributed by atoms with Gasteiger partial charge in [0.15, 0.2) is 5.82 Å². The predicted molar refractivity (Wildman–Crippen MR) is 74.4 cm³/mol. The summed E-state index contributed by atoms with van der Waals surface area (Å²) < 4.78 is 5.15. The van der Waals surface area contributed by atoms with E-state index in [1.807, 2.05) is 0 Å². The average Bonchev–Trinajstić information content (AvgIpc) is 3.24. The molecule has 0 atom stereocenters. The Balaban J connectivity index is 1.64. The molecule has 1 saturated carbocycles. The highest BCUT2D eigenvalue weighted by molar-refractivity contribution is 5.67. The number of rotatable bonds is 4. The summed E-state index contributed by atoms with van der Waals surface area (Å²) in [5, 5.41) is 0. The third-order valence-corrected chi connectivity index (χ3v) is 3.90. The van der Waals surface area contributed by atoms with Crippen molar-refractivity contribution in [2.24, 2.45) is 5.92 Å². The van der Waals surface area contributed by atoms with E-state index in [0.29, 0.717) is 11.6 Å². The maximum absolute atomic E-state index is 6.04. The molecule has 1 saturated heterocycles. The summed E-state index contributed by atoms with van der Waals surface area (Å²) >= 11 is 0. The number of nitrogen functional groups attached to an aromatic ring is 1. The van der Waals surface area contributed by atoms with Crippen LogP contribution in [0.25, 0.3) is 0 Å². The van der Waals surface area contributed by atoms with Gasteiger partial charge in [-0.1, -0.05) is 0 Å². The van der Waals surface area contributed by atoms with Gasteiger partial charge in [-0.25, -0.2) is 4.98 Å². The van der Waals surface area contributed by atoms with E-state index in [1.165, 1.54) is 25.7 Å². The SMILES string of the molecule is COc1ncnc(N2CCN(CC3CC3)CC2)c1N. The third-order valence-electron chi connectivity index (χ3n) is 3.90. The van der Waals surface area contributed by atoms with E-state index < -0.39 is 0 Å². The lowest BCUT2D eigenvalue weighted by Gasteiger charge is -2.35. The van der Waals surface area contributed by atoms with Crippen LogP contribution in [0, 0.1) is 5.92 Å². The Morgan fingerprint density at radius 1 is 1.26 bits per heavy atom. The summed E-state index contributed by atoms with van der Waals surface area (Å²) in [6, 6.07) is 0. The summed E-state index contributed by atoms with van der Waals surface area (Å²) in [7, 11) is 1.58. The molecule has 6 nitrogen and oxygen atoms in total. The second-order valence-electron chi connectivity index (χ2n) is 5.35. The Morgan fingerprint density at radius 3 is 2.63 bits per heavy atom. The number of piperazine rings is 1. The van der Waals surface area contributed by atoms with Gasteiger partial charge in [0.2, 0.25) is 5.88 Å². The Morgan fingerprint density at radius 2 is 2.00 bits per heavy atom. The molecule has 0 radical (unpaired) electrons. The van der Waals surface area contributed by atoms with Gasteiger partial charge >= 0.3 is 0 Å². The van der Waals surface area contributed by atoms with Crippen molar-refractivity contribution in [3.8, 4) is 5.88 Å². The summed E-state index contributed by atoms with van der Waals surface area (Å²) in [4.78, 5) is 13.1. The van der Waals surface area contributed by atoms with Gasteiger partial charge in [-0.3, -0.25) is 4.90 Å². The minimum Gasteiger partial charge on any atom is -0.479 e. The van der Waals surface area contributed by atoms with Crippen molar-refractivity contribution in [3.63, 3.8) is 0 Å². The van der Waals surface area contributed by atoms with Crippen molar-refractivity contribution in [1.29, 1.82) is 0 Å². The molecule has 2 N–H and O–H groups in total. The zero-order chi connectivity index (χ0) is 13.2. The van der Waals surface area contributed by atoms with Crippen molar-refractivity contribution >= 4 is 11.5 Å². The molecule has 2 heterocycles. The molecule has 3 rings (SSSR count). The van der Waals surface area contributed by atoms with E-state index in [9.17, 15) is 0 Å². The first-order chi connectivity index (χ1) is 9.28. The molecule has 0 spiro atoms. The lowest BCUT2D eigenvalue weighted by atomic mass is 10.2. The van der Waals surface area contributed by atoms with Crippen LogP contribution < -0.4 is 15.4 Å². The van der Waals surface area contributed by atoms with Crippen LogP contribution in [0.1, 0.15) is 12.8 Å². The fraction of sp³-hybridized carbons (Fsp3) is 0.692. The van der Waals surface area contributed by atoms with Gasteiger partial charge in [-0.15, -0.1) is 0 Å². The molecule has 0 bridgehead atoms. The summed E-state index contributed by atoms with van der Waals surface area (Å²) in [5.74, 6) is 2.22. The molecule has 0 amide bonds. The topological polar surface area (TPSA) is 67.5 Å². The van der Waals surface area contributed by atoms with Crippen molar-refractivity contribution in [1.82, 2.24) is 14.9 Å². The fourth-order valence-electron chi connectivity index (χ4n) is 2.59. The van der Waals surface area contributed by atoms with Crippen LogP contribution in [0.2, 0.25) is 0 Å². The predicted octanol–water partition coefficient (Wildman–Crippen LogP) is 0.599. The van der Waals surface area contributed by atoms with Gasteiger partial charge in [0.1, 0.15) is 12.0 Å². The molecule has 1 aromatic heterocycles. The zero-order valence-corrected chi connectivity index (χ0v) is 11.4. The van der Waals surface area contributed by atoms with E-state index in [4.69, 9.17) is 10.5 Å². The van der Waals surface area contributed by atoms with Crippen LogP contribution >= 0.6 is 0 Å². The highest BCUT2D eigenvalue weighted by Gasteiger charge is 2.27. The van der Waals surface area contributed by atoms with Crippen molar-refractivity contribution < 1.29 is 4.74 Å². The van der Waals surface area contributed by atoms with Crippen molar-refractivity contribution in [2.45, 2.75) is 12.8 Å². The first-order valence-electron chi connectivity index (χ1n) is 6.89. The van der Waals surface area contributed by atoms with Gasteiger partial charge in [0.25, 0.3) is 0 Å². The van der Waals surface area contributed by atoms with E-state index in [0.717, 1.165) is 37.9 Å². The number of nitrogens with zero attached hydrogens (tertiary/aromatic N) is 4. The third kappa shape index (κ3) is 2.73. The fourth-order valence-corrected chi connectivity index (χ4v) is 2.59. The average molecular weight is 263 g/mol.